The number of carbonyl (C=O) groups excluding carboxylic acids is 1. The van der Waals surface area contributed by atoms with E-state index in [1.807, 2.05) is 30.5 Å². The van der Waals surface area contributed by atoms with Gasteiger partial charge in [-0.05, 0) is 31.4 Å². The number of aromatic nitrogens is 1. The molecule has 1 aromatic heterocycles. The lowest BCUT2D eigenvalue weighted by molar-refractivity contribution is 0.0945. The average Bonchev–Trinajstić information content (AvgIpc) is 3.06. The van der Waals surface area contributed by atoms with Gasteiger partial charge in [0.1, 0.15) is 0 Å². The number of nitrogens with one attached hydrogen (secondary N) is 1. The highest BCUT2D eigenvalue weighted by molar-refractivity contribution is 6.08. The number of hydrogen-bond donors (Lipinski definition) is 1. The smallest absolute Gasteiger partial charge is 0.178 e. The van der Waals surface area contributed by atoms with E-state index in [1.54, 1.807) is 0 Å². The summed E-state index contributed by atoms with van der Waals surface area (Å²) in [4.78, 5) is 18.0. The second-order valence-corrected chi connectivity index (χ2v) is 5.85. The molecule has 1 N–H and O–H groups in total. The molecule has 1 aliphatic heterocycles. The fraction of sp³-hybridized carbons (Fsp3) is 0.471. The molecule has 0 aliphatic carbocycles. The van der Waals surface area contributed by atoms with Crippen LogP contribution in [-0.2, 0) is 0 Å². The Morgan fingerprint density at radius 2 is 2.25 bits per heavy atom. The molecule has 106 valence electrons. The van der Waals surface area contributed by atoms with Crippen LogP contribution in [0.1, 0.15) is 36.5 Å². The first-order valence-electron chi connectivity index (χ1n) is 7.59. The van der Waals surface area contributed by atoms with Crippen molar-refractivity contribution in [3.05, 3.63) is 36.0 Å². The molecule has 1 atom stereocenters. The van der Waals surface area contributed by atoms with Crippen molar-refractivity contribution in [2.75, 3.05) is 19.6 Å². The predicted octanol–water partition coefficient (Wildman–Crippen LogP) is 3.47. The van der Waals surface area contributed by atoms with Crippen molar-refractivity contribution in [2.24, 2.45) is 5.92 Å². The lowest BCUT2D eigenvalue weighted by Crippen LogP contribution is -2.27. The van der Waals surface area contributed by atoms with Crippen LogP contribution in [0.25, 0.3) is 10.9 Å². The fourth-order valence-electron chi connectivity index (χ4n) is 3.29. The zero-order valence-corrected chi connectivity index (χ0v) is 12.1. The molecule has 0 amide bonds. The summed E-state index contributed by atoms with van der Waals surface area (Å²) in [5.41, 5.74) is 1.88. The van der Waals surface area contributed by atoms with E-state index in [9.17, 15) is 4.79 Å². The van der Waals surface area contributed by atoms with E-state index in [2.05, 4.69) is 16.8 Å². The number of Topliss-reactive ketones (excluding diaryl/α,β-unsaturated/α-hetero) is 1. The Bertz CT molecular complexity index is 602. The monoisotopic (exact) mass is 270 g/mol. The fourth-order valence-corrected chi connectivity index (χ4v) is 3.29. The average molecular weight is 270 g/mol. The van der Waals surface area contributed by atoms with Gasteiger partial charge in [0.15, 0.2) is 5.78 Å². The van der Waals surface area contributed by atoms with Crippen LogP contribution in [0.2, 0.25) is 0 Å². The molecular weight excluding hydrogens is 248 g/mol. The molecular formula is C17H22N2O. The molecule has 0 saturated carbocycles. The summed E-state index contributed by atoms with van der Waals surface area (Å²) in [6, 6.07) is 8.01. The van der Waals surface area contributed by atoms with Crippen molar-refractivity contribution in [3.8, 4) is 0 Å². The van der Waals surface area contributed by atoms with Gasteiger partial charge in [0.05, 0.1) is 6.54 Å². The molecule has 0 radical (unpaired) electrons. The number of hydrogen-bond acceptors (Lipinski definition) is 2. The summed E-state index contributed by atoms with van der Waals surface area (Å²) in [6.45, 7) is 4.95. The molecule has 2 heterocycles. The van der Waals surface area contributed by atoms with Gasteiger partial charge in [-0.25, -0.2) is 0 Å². The molecule has 3 heteroatoms. The highest BCUT2D eigenvalue weighted by Crippen LogP contribution is 2.22. The summed E-state index contributed by atoms with van der Waals surface area (Å²) in [6.07, 6.45) is 5.63. The number of benzene rings is 1. The number of para-hydroxylation sites is 1. The molecule has 1 aromatic carbocycles. The minimum absolute atomic E-state index is 0.236. The Hall–Kier alpha value is -1.61. The highest BCUT2D eigenvalue weighted by Gasteiger charge is 2.24. The number of ketones is 1. The third kappa shape index (κ3) is 2.63. The van der Waals surface area contributed by atoms with Crippen molar-refractivity contribution >= 4 is 16.7 Å². The minimum atomic E-state index is 0.236. The van der Waals surface area contributed by atoms with E-state index in [4.69, 9.17) is 0 Å². The highest BCUT2D eigenvalue weighted by atomic mass is 16.1. The Labute approximate surface area is 120 Å². The molecule has 3 rings (SSSR count). The minimum Gasteiger partial charge on any atom is -0.360 e. The van der Waals surface area contributed by atoms with E-state index >= 15 is 0 Å². The van der Waals surface area contributed by atoms with Crippen LogP contribution in [-0.4, -0.2) is 35.3 Å². The lowest BCUT2D eigenvalue weighted by atomic mass is 10.0. The van der Waals surface area contributed by atoms with E-state index < -0.39 is 0 Å². The molecule has 2 aromatic rings. The largest absolute Gasteiger partial charge is 0.360 e. The number of likely N-dealkylation sites (tertiary alicyclic amines) is 1. The van der Waals surface area contributed by atoms with Crippen molar-refractivity contribution in [1.82, 2.24) is 9.88 Å². The number of rotatable bonds is 5. The molecule has 0 spiro atoms. The quantitative estimate of drug-likeness (QED) is 0.844. The zero-order valence-electron chi connectivity index (χ0n) is 12.1. The predicted molar refractivity (Wildman–Crippen MR) is 82.1 cm³/mol. The van der Waals surface area contributed by atoms with Gasteiger partial charge in [0.2, 0.25) is 0 Å². The summed E-state index contributed by atoms with van der Waals surface area (Å²) in [7, 11) is 0. The summed E-state index contributed by atoms with van der Waals surface area (Å²) >= 11 is 0. The number of nitrogens with zero attached hydrogens (tertiary/aromatic N) is 1. The van der Waals surface area contributed by atoms with Crippen LogP contribution in [0.15, 0.2) is 30.5 Å². The first kappa shape index (κ1) is 13.4. The molecule has 1 fully saturated rings. The van der Waals surface area contributed by atoms with Gasteiger partial charge in [0, 0.05) is 29.2 Å². The van der Waals surface area contributed by atoms with E-state index in [-0.39, 0.29) is 5.78 Å². The first-order valence-corrected chi connectivity index (χ1v) is 7.59. The van der Waals surface area contributed by atoms with Gasteiger partial charge in [-0.15, -0.1) is 0 Å². The van der Waals surface area contributed by atoms with Crippen LogP contribution in [0.3, 0.4) is 0 Å². The van der Waals surface area contributed by atoms with Crippen molar-refractivity contribution < 1.29 is 4.79 Å². The van der Waals surface area contributed by atoms with Gasteiger partial charge >= 0.3 is 0 Å². The van der Waals surface area contributed by atoms with E-state index in [0.29, 0.717) is 6.54 Å². The van der Waals surface area contributed by atoms with Crippen LogP contribution in [0.5, 0.6) is 0 Å². The van der Waals surface area contributed by atoms with Gasteiger partial charge in [0.25, 0.3) is 0 Å². The number of fused-ring (bicyclic) bond motifs is 1. The molecule has 20 heavy (non-hydrogen) atoms. The maximum Gasteiger partial charge on any atom is 0.178 e. The van der Waals surface area contributed by atoms with Crippen LogP contribution in [0, 0.1) is 5.92 Å². The Morgan fingerprint density at radius 3 is 3.10 bits per heavy atom. The molecule has 1 unspecified atom stereocenters. The van der Waals surface area contributed by atoms with E-state index in [1.165, 1.54) is 19.3 Å². The Morgan fingerprint density at radius 1 is 1.40 bits per heavy atom. The summed E-state index contributed by atoms with van der Waals surface area (Å²) in [5, 5.41) is 1.04. The lowest BCUT2D eigenvalue weighted by Gasteiger charge is -2.14. The van der Waals surface area contributed by atoms with Crippen LogP contribution in [0.4, 0.5) is 0 Å². The molecule has 0 bridgehead atoms. The van der Waals surface area contributed by atoms with Crippen molar-refractivity contribution in [3.63, 3.8) is 0 Å². The number of aromatic amines is 1. The third-order valence-corrected chi connectivity index (χ3v) is 4.32. The topological polar surface area (TPSA) is 36.1 Å². The van der Waals surface area contributed by atoms with Gasteiger partial charge in [-0.3, -0.25) is 9.69 Å². The summed E-state index contributed by atoms with van der Waals surface area (Å²) in [5.74, 6) is 1.02. The molecule has 1 saturated heterocycles. The van der Waals surface area contributed by atoms with Gasteiger partial charge in [-0.2, -0.15) is 0 Å². The third-order valence-electron chi connectivity index (χ3n) is 4.32. The van der Waals surface area contributed by atoms with Crippen LogP contribution >= 0.6 is 0 Å². The number of carbonyl (C=O) groups is 1. The Kier molecular flexibility index (Phi) is 3.88. The van der Waals surface area contributed by atoms with E-state index in [0.717, 1.165) is 35.5 Å². The van der Waals surface area contributed by atoms with Gasteiger partial charge in [-0.1, -0.05) is 31.5 Å². The SMILES string of the molecule is CCCC1CCN(CC(=O)c2c[nH]c3ccccc23)C1. The van der Waals surface area contributed by atoms with Crippen molar-refractivity contribution in [2.45, 2.75) is 26.2 Å². The standard InChI is InChI=1S/C17H22N2O/c1-2-5-13-8-9-19(11-13)12-17(20)15-10-18-16-7-4-3-6-14(15)16/h3-4,6-7,10,13,18H,2,5,8-9,11-12H2,1H3. The number of H-pyrrole nitrogens is 1. The molecule has 1 aliphatic rings. The second kappa shape index (κ2) is 5.80. The second-order valence-electron chi connectivity index (χ2n) is 5.85. The van der Waals surface area contributed by atoms with Gasteiger partial charge < -0.3 is 4.98 Å². The zero-order chi connectivity index (χ0) is 13.9. The summed E-state index contributed by atoms with van der Waals surface area (Å²) < 4.78 is 0. The Balaban J connectivity index is 1.68. The first-order chi connectivity index (χ1) is 9.78. The van der Waals surface area contributed by atoms with Crippen molar-refractivity contribution in [1.29, 1.82) is 0 Å². The molecule has 3 nitrogen and oxygen atoms in total. The maximum atomic E-state index is 12.5. The normalized spacial score (nSPS) is 19.8. The maximum absolute atomic E-state index is 12.5. The van der Waals surface area contributed by atoms with Crippen LogP contribution < -0.4 is 0 Å².